The standard InChI is InChI=1S/C10H19F/c1-4-5-10(2,3)8-6-9(11)7-8/h8-9H,4-7H2,1-3H3. The number of halogens is 1. The van der Waals surface area contributed by atoms with Crippen molar-refractivity contribution < 1.29 is 4.39 Å². The summed E-state index contributed by atoms with van der Waals surface area (Å²) in [5.41, 5.74) is 0.386. The Bertz CT molecular complexity index is 123. The topological polar surface area (TPSA) is 0 Å². The molecule has 0 radical (unpaired) electrons. The fraction of sp³-hybridized carbons (Fsp3) is 1.00. The molecule has 11 heavy (non-hydrogen) atoms. The third-order valence-electron chi connectivity index (χ3n) is 3.08. The Morgan fingerprint density at radius 2 is 1.91 bits per heavy atom. The van der Waals surface area contributed by atoms with Crippen molar-refractivity contribution in [2.45, 2.75) is 52.6 Å². The van der Waals surface area contributed by atoms with Crippen molar-refractivity contribution in [3.05, 3.63) is 0 Å². The van der Waals surface area contributed by atoms with E-state index in [9.17, 15) is 4.39 Å². The van der Waals surface area contributed by atoms with Gasteiger partial charge in [-0.3, -0.25) is 0 Å². The van der Waals surface area contributed by atoms with Crippen LogP contribution in [-0.4, -0.2) is 6.17 Å². The average Bonchev–Trinajstić information content (AvgIpc) is 1.81. The minimum atomic E-state index is -0.490. The fourth-order valence-electron chi connectivity index (χ4n) is 2.03. The lowest BCUT2D eigenvalue weighted by atomic mass is 9.65. The second kappa shape index (κ2) is 3.12. The lowest BCUT2D eigenvalue weighted by Gasteiger charge is -2.42. The van der Waals surface area contributed by atoms with Gasteiger partial charge in [-0.15, -0.1) is 0 Å². The van der Waals surface area contributed by atoms with Crippen LogP contribution in [0.15, 0.2) is 0 Å². The monoisotopic (exact) mass is 158 g/mol. The molecule has 0 unspecified atom stereocenters. The van der Waals surface area contributed by atoms with Gasteiger partial charge in [0.15, 0.2) is 0 Å². The van der Waals surface area contributed by atoms with Gasteiger partial charge in [-0.2, -0.15) is 0 Å². The van der Waals surface area contributed by atoms with Gasteiger partial charge in [0.1, 0.15) is 6.17 Å². The van der Waals surface area contributed by atoms with Crippen LogP contribution in [0.2, 0.25) is 0 Å². The Morgan fingerprint density at radius 1 is 1.36 bits per heavy atom. The van der Waals surface area contributed by atoms with Gasteiger partial charge in [0.2, 0.25) is 0 Å². The van der Waals surface area contributed by atoms with E-state index in [0.717, 1.165) is 12.8 Å². The zero-order chi connectivity index (χ0) is 8.48. The first-order valence-electron chi connectivity index (χ1n) is 4.70. The van der Waals surface area contributed by atoms with Gasteiger partial charge in [-0.05, 0) is 30.6 Å². The molecule has 0 amide bonds. The van der Waals surface area contributed by atoms with Gasteiger partial charge in [0, 0.05) is 0 Å². The van der Waals surface area contributed by atoms with Gasteiger partial charge in [0.05, 0.1) is 0 Å². The van der Waals surface area contributed by atoms with Crippen molar-refractivity contribution in [2.75, 3.05) is 0 Å². The van der Waals surface area contributed by atoms with Crippen LogP contribution < -0.4 is 0 Å². The molecule has 0 heterocycles. The third-order valence-corrected chi connectivity index (χ3v) is 3.08. The number of hydrogen-bond donors (Lipinski definition) is 0. The molecule has 1 heteroatoms. The average molecular weight is 158 g/mol. The minimum Gasteiger partial charge on any atom is -0.247 e. The molecule has 1 aliphatic rings. The lowest BCUT2D eigenvalue weighted by molar-refractivity contribution is 0.0314. The second-order valence-corrected chi connectivity index (χ2v) is 4.50. The van der Waals surface area contributed by atoms with Crippen molar-refractivity contribution in [1.82, 2.24) is 0 Å². The fourth-order valence-corrected chi connectivity index (χ4v) is 2.03. The lowest BCUT2D eigenvalue weighted by Crippen LogP contribution is -2.36. The molecule has 0 atom stereocenters. The van der Waals surface area contributed by atoms with Gasteiger partial charge >= 0.3 is 0 Å². The number of hydrogen-bond acceptors (Lipinski definition) is 0. The van der Waals surface area contributed by atoms with Gasteiger partial charge < -0.3 is 0 Å². The van der Waals surface area contributed by atoms with Crippen molar-refractivity contribution in [2.24, 2.45) is 11.3 Å². The zero-order valence-corrected chi connectivity index (χ0v) is 7.86. The van der Waals surface area contributed by atoms with Crippen LogP contribution in [0.4, 0.5) is 4.39 Å². The van der Waals surface area contributed by atoms with E-state index >= 15 is 0 Å². The van der Waals surface area contributed by atoms with Gasteiger partial charge in [-0.1, -0.05) is 27.2 Å². The van der Waals surface area contributed by atoms with E-state index < -0.39 is 6.17 Å². The van der Waals surface area contributed by atoms with Crippen LogP contribution >= 0.6 is 0 Å². The van der Waals surface area contributed by atoms with Crippen molar-refractivity contribution in [3.63, 3.8) is 0 Å². The first-order chi connectivity index (χ1) is 5.06. The molecule has 0 aromatic rings. The van der Waals surface area contributed by atoms with E-state index in [0.29, 0.717) is 11.3 Å². The molecule has 0 N–H and O–H groups in total. The van der Waals surface area contributed by atoms with Crippen LogP contribution in [0.3, 0.4) is 0 Å². The molecule has 1 aliphatic carbocycles. The van der Waals surface area contributed by atoms with E-state index in [2.05, 4.69) is 20.8 Å². The van der Waals surface area contributed by atoms with Gasteiger partial charge in [-0.25, -0.2) is 4.39 Å². The number of rotatable bonds is 3. The Kier molecular flexibility index (Phi) is 2.56. The van der Waals surface area contributed by atoms with E-state index in [1.807, 2.05) is 0 Å². The van der Waals surface area contributed by atoms with Crippen LogP contribution in [0, 0.1) is 11.3 Å². The minimum absolute atomic E-state index is 0.386. The van der Waals surface area contributed by atoms with Crippen LogP contribution in [0.5, 0.6) is 0 Å². The molecule has 1 fully saturated rings. The Hall–Kier alpha value is -0.0700. The van der Waals surface area contributed by atoms with E-state index in [4.69, 9.17) is 0 Å². The van der Waals surface area contributed by atoms with Gasteiger partial charge in [0.25, 0.3) is 0 Å². The van der Waals surface area contributed by atoms with Crippen molar-refractivity contribution in [3.8, 4) is 0 Å². The summed E-state index contributed by atoms with van der Waals surface area (Å²) in [5.74, 6) is 0.650. The molecule has 0 aliphatic heterocycles. The highest BCUT2D eigenvalue weighted by Gasteiger charge is 2.39. The maximum atomic E-state index is 12.5. The first-order valence-corrected chi connectivity index (χ1v) is 4.70. The third kappa shape index (κ3) is 1.94. The molecule has 0 saturated heterocycles. The Balaban J connectivity index is 2.33. The summed E-state index contributed by atoms with van der Waals surface area (Å²) in [6.45, 7) is 6.74. The predicted molar refractivity (Wildman–Crippen MR) is 46.3 cm³/mol. The molecular formula is C10H19F. The van der Waals surface area contributed by atoms with Crippen molar-refractivity contribution in [1.29, 1.82) is 0 Å². The molecule has 66 valence electrons. The zero-order valence-electron chi connectivity index (χ0n) is 7.86. The van der Waals surface area contributed by atoms with E-state index in [-0.39, 0.29) is 0 Å². The van der Waals surface area contributed by atoms with Crippen LogP contribution in [-0.2, 0) is 0 Å². The molecule has 1 rings (SSSR count). The Labute approximate surface area is 69.2 Å². The largest absolute Gasteiger partial charge is 0.247 e. The summed E-state index contributed by atoms with van der Waals surface area (Å²) in [6.07, 6.45) is 3.60. The van der Waals surface area contributed by atoms with Crippen molar-refractivity contribution >= 4 is 0 Å². The second-order valence-electron chi connectivity index (χ2n) is 4.50. The molecule has 1 saturated carbocycles. The van der Waals surface area contributed by atoms with Crippen LogP contribution in [0.25, 0.3) is 0 Å². The molecule has 0 aromatic carbocycles. The van der Waals surface area contributed by atoms with E-state index in [1.165, 1.54) is 12.8 Å². The molecule has 0 bridgehead atoms. The maximum Gasteiger partial charge on any atom is 0.101 e. The number of alkyl halides is 1. The first kappa shape index (κ1) is 9.02. The highest BCUT2D eigenvalue weighted by molar-refractivity contribution is 4.89. The summed E-state index contributed by atoms with van der Waals surface area (Å²) >= 11 is 0. The summed E-state index contributed by atoms with van der Waals surface area (Å²) in [7, 11) is 0. The summed E-state index contributed by atoms with van der Waals surface area (Å²) in [6, 6.07) is 0. The SMILES string of the molecule is CCCC(C)(C)C1CC(F)C1. The predicted octanol–water partition coefficient (Wildman–Crippen LogP) is 3.56. The maximum absolute atomic E-state index is 12.5. The molecule has 0 aromatic heterocycles. The highest BCUT2D eigenvalue weighted by atomic mass is 19.1. The normalized spacial score (nSPS) is 31.6. The Morgan fingerprint density at radius 3 is 2.27 bits per heavy atom. The van der Waals surface area contributed by atoms with E-state index in [1.54, 1.807) is 0 Å². The summed E-state index contributed by atoms with van der Waals surface area (Å²) < 4.78 is 12.5. The summed E-state index contributed by atoms with van der Waals surface area (Å²) in [4.78, 5) is 0. The van der Waals surface area contributed by atoms with Crippen LogP contribution in [0.1, 0.15) is 46.5 Å². The quantitative estimate of drug-likeness (QED) is 0.589. The molecule has 0 nitrogen and oxygen atoms in total. The summed E-state index contributed by atoms with van der Waals surface area (Å²) in [5, 5.41) is 0. The molecular weight excluding hydrogens is 139 g/mol. The highest BCUT2D eigenvalue weighted by Crippen LogP contribution is 2.45. The smallest absolute Gasteiger partial charge is 0.101 e. The molecule has 0 spiro atoms.